The maximum absolute atomic E-state index is 5.87. The van der Waals surface area contributed by atoms with Crippen LogP contribution >= 0.6 is 0 Å². The Hall–Kier alpha value is -2.33. The molecule has 2 N–H and O–H groups in total. The van der Waals surface area contributed by atoms with Crippen molar-refractivity contribution < 1.29 is 4.74 Å². The smallest absolute Gasteiger partial charge is 0.119 e. The van der Waals surface area contributed by atoms with Crippen molar-refractivity contribution in [3.63, 3.8) is 0 Å². The van der Waals surface area contributed by atoms with Gasteiger partial charge in [-0.1, -0.05) is 32.0 Å². The topological polar surface area (TPSA) is 49.9 Å². The Morgan fingerprint density at radius 1 is 1.08 bits per heavy atom. The van der Waals surface area contributed by atoms with Crippen LogP contribution in [0.15, 0.2) is 48.8 Å². The number of nitrogens with zero attached hydrogens (tertiary/aromatic N) is 1. The lowest BCUT2D eigenvalue weighted by molar-refractivity contribution is 0.312. The standard InChI is InChI=1S/C20H25N3O/c1-15(2)8-9-21-10-11-24-18-5-3-4-16(12-18)17-6-7-19-20(13-17)23-14-22-19/h3-7,12-15,21H,8-11H2,1-2H3,(H,22,23). The van der Waals surface area contributed by atoms with Gasteiger partial charge >= 0.3 is 0 Å². The normalized spacial score (nSPS) is 11.3. The molecule has 0 saturated heterocycles. The highest BCUT2D eigenvalue weighted by atomic mass is 16.5. The highest BCUT2D eigenvalue weighted by Gasteiger charge is 2.03. The molecule has 0 aliphatic carbocycles. The predicted octanol–water partition coefficient (Wildman–Crippen LogP) is 4.24. The Balaban J connectivity index is 1.57. The van der Waals surface area contributed by atoms with Crippen molar-refractivity contribution in [3.05, 3.63) is 48.8 Å². The van der Waals surface area contributed by atoms with Gasteiger partial charge in [0.05, 0.1) is 17.4 Å². The molecule has 0 fully saturated rings. The van der Waals surface area contributed by atoms with E-state index in [4.69, 9.17) is 4.74 Å². The molecule has 24 heavy (non-hydrogen) atoms. The molecule has 0 unspecified atom stereocenters. The minimum Gasteiger partial charge on any atom is -0.492 e. The first-order valence-corrected chi connectivity index (χ1v) is 8.59. The second kappa shape index (κ2) is 7.97. The fourth-order valence-electron chi connectivity index (χ4n) is 2.64. The van der Waals surface area contributed by atoms with E-state index in [2.05, 4.69) is 53.4 Å². The van der Waals surface area contributed by atoms with E-state index >= 15 is 0 Å². The zero-order valence-electron chi connectivity index (χ0n) is 14.4. The molecule has 0 spiro atoms. The summed E-state index contributed by atoms with van der Waals surface area (Å²) in [5, 5.41) is 3.41. The van der Waals surface area contributed by atoms with Crippen LogP contribution in [0, 0.1) is 5.92 Å². The molecule has 0 radical (unpaired) electrons. The minimum atomic E-state index is 0.682. The van der Waals surface area contributed by atoms with Gasteiger partial charge in [-0.2, -0.15) is 0 Å². The summed E-state index contributed by atoms with van der Waals surface area (Å²) in [7, 11) is 0. The van der Waals surface area contributed by atoms with Crippen molar-refractivity contribution >= 4 is 11.0 Å². The monoisotopic (exact) mass is 323 g/mol. The molecule has 0 saturated carbocycles. The van der Waals surface area contributed by atoms with Gasteiger partial charge in [0.15, 0.2) is 0 Å². The fraction of sp³-hybridized carbons (Fsp3) is 0.350. The summed E-state index contributed by atoms with van der Waals surface area (Å²) in [6.07, 6.45) is 2.92. The predicted molar refractivity (Wildman–Crippen MR) is 99.3 cm³/mol. The van der Waals surface area contributed by atoms with Crippen molar-refractivity contribution in [2.45, 2.75) is 20.3 Å². The highest BCUT2D eigenvalue weighted by molar-refractivity contribution is 5.81. The summed E-state index contributed by atoms with van der Waals surface area (Å²) in [5.41, 5.74) is 4.34. The summed E-state index contributed by atoms with van der Waals surface area (Å²) < 4.78 is 5.87. The van der Waals surface area contributed by atoms with Crippen LogP contribution < -0.4 is 10.1 Å². The number of benzene rings is 2. The number of nitrogens with one attached hydrogen (secondary N) is 2. The molecule has 4 heteroatoms. The van der Waals surface area contributed by atoms with Gasteiger partial charge in [0.2, 0.25) is 0 Å². The maximum Gasteiger partial charge on any atom is 0.119 e. The number of aromatic amines is 1. The number of hydrogen-bond donors (Lipinski definition) is 2. The van der Waals surface area contributed by atoms with Crippen molar-refractivity contribution in [1.82, 2.24) is 15.3 Å². The molecule has 0 aliphatic heterocycles. The maximum atomic E-state index is 5.87. The first-order valence-electron chi connectivity index (χ1n) is 8.59. The highest BCUT2D eigenvalue weighted by Crippen LogP contribution is 2.26. The van der Waals surface area contributed by atoms with E-state index in [0.29, 0.717) is 6.61 Å². The van der Waals surface area contributed by atoms with Crippen LogP contribution in [0.25, 0.3) is 22.2 Å². The second-order valence-electron chi connectivity index (χ2n) is 6.44. The number of imidazole rings is 1. The lowest BCUT2D eigenvalue weighted by Gasteiger charge is -2.10. The Kier molecular flexibility index (Phi) is 5.49. The molecule has 4 nitrogen and oxygen atoms in total. The number of H-pyrrole nitrogens is 1. The molecule has 3 rings (SSSR count). The Morgan fingerprint density at radius 2 is 1.96 bits per heavy atom. The molecular formula is C20H25N3O. The molecule has 0 atom stereocenters. The average molecular weight is 323 g/mol. The van der Waals surface area contributed by atoms with Crippen LogP contribution in [-0.4, -0.2) is 29.7 Å². The molecule has 126 valence electrons. The summed E-state index contributed by atoms with van der Waals surface area (Å²) in [4.78, 5) is 7.41. The first-order chi connectivity index (χ1) is 11.7. The van der Waals surface area contributed by atoms with Crippen LogP contribution in [0.5, 0.6) is 5.75 Å². The molecule has 0 bridgehead atoms. The number of fused-ring (bicyclic) bond motifs is 1. The molecule has 0 aliphatic rings. The second-order valence-corrected chi connectivity index (χ2v) is 6.44. The van der Waals surface area contributed by atoms with Crippen LogP contribution in [-0.2, 0) is 0 Å². The molecular weight excluding hydrogens is 298 g/mol. The van der Waals surface area contributed by atoms with Crippen LogP contribution in [0.3, 0.4) is 0 Å². The largest absolute Gasteiger partial charge is 0.492 e. The van der Waals surface area contributed by atoms with E-state index in [0.717, 1.165) is 46.9 Å². The lowest BCUT2D eigenvalue weighted by atomic mass is 10.0. The third-order valence-corrected chi connectivity index (χ3v) is 4.03. The Labute approximate surface area is 143 Å². The molecule has 1 aromatic heterocycles. The summed E-state index contributed by atoms with van der Waals surface area (Å²) in [6, 6.07) is 14.5. The van der Waals surface area contributed by atoms with Gasteiger partial charge in [-0.25, -0.2) is 4.98 Å². The van der Waals surface area contributed by atoms with Crippen LogP contribution in [0.4, 0.5) is 0 Å². The lowest BCUT2D eigenvalue weighted by Crippen LogP contribution is -2.23. The van der Waals surface area contributed by atoms with Crippen molar-refractivity contribution in [3.8, 4) is 16.9 Å². The van der Waals surface area contributed by atoms with E-state index in [1.54, 1.807) is 6.33 Å². The van der Waals surface area contributed by atoms with Crippen LogP contribution in [0.1, 0.15) is 20.3 Å². The van der Waals surface area contributed by atoms with E-state index in [9.17, 15) is 0 Å². The van der Waals surface area contributed by atoms with Crippen molar-refractivity contribution in [2.75, 3.05) is 19.7 Å². The summed E-state index contributed by atoms with van der Waals surface area (Å²) in [6.45, 7) is 7.08. The minimum absolute atomic E-state index is 0.682. The van der Waals surface area contributed by atoms with Gasteiger partial charge in [-0.3, -0.25) is 0 Å². The molecule has 1 heterocycles. The number of rotatable bonds is 8. The van der Waals surface area contributed by atoms with Crippen LogP contribution in [0.2, 0.25) is 0 Å². The van der Waals surface area contributed by atoms with Gasteiger partial charge in [-0.05, 0) is 54.3 Å². The molecule has 3 aromatic rings. The van der Waals surface area contributed by atoms with E-state index < -0.39 is 0 Å². The van der Waals surface area contributed by atoms with E-state index in [1.807, 2.05) is 18.2 Å². The quantitative estimate of drug-likeness (QED) is 0.610. The van der Waals surface area contributed by atoms with E-state index in [1.165, 1.54) is 6.42 Å². The number of ether oxygens (including phenoxy) is 1. The summed E-state index contributed by atoms with van der Waals surface area (Å²) >= 11 is 0. The molecule has 0 amide bonds. The first kappa shape index (κ1) is 16.5. The third-order valence-electron chi connectivity index (χ3n) is 4.03. The van der Waals surface area contributed by atoms with Gasteiger partial charge in [0.25, 0.3) is 0 Å². The zero-order valence-corrected chi connectivity index (χ0v) is 14.4. The Morgan fingerprint density at radius 3 is 2.83 bits per heavy atom. The van der Waals surface area contributed by atoms with Gasteiger partial charge in [0, 0.05) is 6.54 Å². The fourth-order valence-corrected chi connectivity index (χ4v) is 2.64. The zero-order chi connectivity index (χ0) is 16.8. The number of aromatic nitrogens is 2. The third kappa shape index (κ3) is 4.36. The van der Waals surface area contributed by atoms with Gasteiger partial charge in [0.1, 0.15) is 12.4 Å². The Bertz CT molecular complexity index is 779. The van der Waals surface area contributed by atoms with E-state index in [-0.39, 0.29) is 0 Å². The average Bonchev–Trinajstić information content (AvgIpc) is 3.05. The van der Waals surface area contributed by atoms with Gasteiger partial charge in [-0.15, -0.1) is 0 Å². The van der Waals surface area contributed by atoms with Gasteiger partial charge < -0.3 is 15.0 Å². The SMILES string of the molecule is CC(C)CCNCCOc1cccc(-c2ccc3nc[nH]c3c2)c1. The van der Waals surface area contributed by atoms with Crippen molar-refractivity contribution in [1.29, 1.82) is 0 Å². The van der Waals surface area contributed by atoms with Crippen molar-refractivity contribution in [2.24, 2.45) is 5.92 Å². The summed E-state index contributed by atoms with van der Waals surface area (Å²) in [5.74, 6) is 1.64. The number of hydrogen-bond acceptors (Lipinski definition) is 3. The molecule has 2 aromatic carbocycles.